The molecule has 0 aromatic rings. The molecule has 2 saturated heterocycles. The molecule has 0 radical (unpaired) electrons. The molecule has 2 heterocycles. The van der Waals surface area contributed by atoms with Crippen LogP contribution in [0.15, 0.2) is 0 Å². The van der Waals surface area contributed by atoms with Crippen molar-refractivity contribution in [1.29, 1.82) is 0 Å². The highest BCUT2D eigenvalue weighted by Gasteiger charge is 2.22. The molecule has 0 bridgehead atoms. The van der Waals surface area contributed by atoms with Gasteiger partial charge in [0.05, 0.1) is 19.3 Å². The van der Waals surface area contributed by atoms with Crippen LogP contribution in [0.25, 0.3) is 0 Å². The minimum absolute atomic E-state index is 0.0134. The van der Waals surface area contributed by atoms with Crippen LogP contribution in [0, 0.1) is 0 Å². The minimum atomic E-state index is -0.0134. The normalized spacial score (nSPS) is 23.4. The van der Waals surface area contributed by atoms with Crippen LogP contribution in [0.1, 0.15) is 13.3 Å². The Hall–Kier alpha value is -0.690. The number of rotatable bonds is 6. The number of carbonyl (C=O) groups excluding carboxylic acids is 1. The first-order valence-electron chi connectivity index (χ1n) is 7.80. The van der Waals surface area contributed by atoms with E-state index in [1.54, 1.807) is 0 Å². The first-order valence-corrected chi connectivity index (χ1v) is 7.80. The Balaban J connectivity index is 1.56. The zero-order chi connectivity index (χ0) is 14.2. The molecule has 1 unspecified atom stereocenters. The molecule has 20 heavy (non-hydrogen) atoms. The highest BCUT2D eigenvalue weighted by Crippen LogP contribution is 2.01. The average Bonchev–Trinajstić information content (AvgIpc) is 2.52. The van der Waals surface area contributed by atoms with Crippen LogP contribution in [0.4, 0.5) is 0 Å². The van der Waals surface area contributed by atoms with Crippen LogP contribution < -0.4 is 10.6 Å². The monoisotopic (exact) mass is 284 g/mol. The first kappa shape index (κ1) is 15.7. The second kappa shape index (κ2) is 8.56. The smallest absolute Gasteiger partial charge is 0.237 e. The van der Waals surface area contributed by atoms with Crippen LogP contribution in [-0.2, 0) is 9.53 Å². The molecule has 116 valence electrons. The number of morpholine rings is 1. The summed E-state index contributed by atoms with van der Waals surface area (Å²) < 4.78 is 5.32. The third kappa shape index (κ3) is 5.01. The number of carbonyl (C=O) groups is 1. The summed E-state index contributed by atoms with van der Waals surface area (Å²) in [6.07, 6.45) is 1.01. The highest BCUT2D eigenvalue weighted by atomic mass is 16.5. The SMILES string of the molecule is CC(C(=O)NCCCN1CCOCC1)N1CCNCC1. The summed E-state index contributed by atoms with van der Waals surface area (Å²) in [6, 6.07) is -0.0134. The van der Waals surface area contributed by atoms with E-state index in [0.29, 0.717) is 0 Å². The van der Waals surface area contributed by atoms with E-state index in [1.165, 1.54) is 0 Å². The zero-order valence-corrected chi connectivity index (χ0v) is 12.6. The molecule has 2 aliphatic rings. The standard InChI is InChI=1S/C14H28N4O2/c1-13(18-7-4-15-5-8-18)14(19)16-3-2-6-17-9-11-20-12-10-17/h13,15H,2-12H2,1H3,(H,16,19). The van der Waals surface area contributed by atoms with Gasteiger partial charge < -0.3 is 15.4 Å². The molecule has 0 saturated carbocycles. The molecular weight excluding hydrogens is 256 g/mol. The van der Waals surface area contributed by atoms with Gasteiger partial charge in [0.15, 0.2) is 0 Å². The van der Waals surface area contributed by atoms with E-state index in [2.05, 4.69) is 20.4 Å². The molecule has 0 spiro atoms. The fraction of sp³-hybridized carbons (Fsp3) is 0.929. The van der Waals surface area contributed by atoms with E-state index in [9.17, 15) is 4.79 Å². The van der Waals surface area contributed by atoms with Gasteiger partial charge in [-0.1, -0.05) is 0 Å². The lowest BCUT2D eigenvalue weighted by Crippen LogP contribution is -2.52. The Labute approximate surface area is 121 Å². The van der Waals surface area contributed by atoms with Gasteiger partial charge in [0.2, 0.25) is 5.91 Å². The minimum Gasteiger partial charge on any atom is -0.379 e. The molecule has 1 amide bonds. The molecule has 2 fully saturated rings. The van der Waals surface area contributed by atoms with Crippen LogP contribution in [0.5, 0.6) is 0 Å². The molecule has 2 N–H and O–H groups in total. The lowest BCUT2D eigenvalue weighted by atomic mass is 10.2. The molecule has 1 atom stereocenters. The Kier molecular flexibility index (Phi) is 6.72. The van der Waals surface area contributed by atoms with Crippen molar-refractivity contribution in [3.8, 4) is 0 Å². The van der Waals surface area contributed by atoms with Gasteiger partial charge >= 0.3 is 0 Å². The van der Waals surface area contributed by atoms with Crippen LogP contribution >= 0.6 is 0 Å². The lowest BCUT2D eigenvalue weighted by molar-refractivity contribution is -0.126. The average molecular weight is 284 g/mol. The fourth-order valence-corrected chi connectivity index (χ4v) is 2.72. The third-order valence-corrected chi connectivity index (χ3v) is 4.13. The second-order valence-electron chi connectivity index (χ2n) is 5.56. The predicted octanol–water partition coefficient (Wildman–Crippen LogP) is -0.881. The number of piperazine rings is 1. The molecule has 2 aliphatic heterocycles. The summed E-state index contributed by atoms with van der Waals surface area (Å²) in [5.74, 6) is 0.161. The number of ether oxygens (including phenoxy) is 1. The molecule has 0 aromatic heterocycles. The van der Waals surface area contributed by atoms with E-state index in [-0.39, 0.29) is 11.9 Å². The van der Waals surface area contributed by atoms with Crippen LogP contribution in [0.3, 0.4) is 0 Å². The number of nitrogens with zero attached hydrogens (tertiary/aromatic N) is 2. The van der Waals surface area contributed by atoms with Gasteiger partial charge in [-0.05, 0) is 19.9 Å². The van der Waals surface area contributed by atoms with Gasteiger partial charge in [0.1, 0.15) is 0 Å². The topological polar surface area (TPSA) is 56.8 Å². The predicted molar refractivity (Wildman–Crippen MR) is 78.8 cm³/mol. The van der Waals surface area contributed by atoms with Gasteiger partial charge in [-0.2, -0.15) is 0 Å². The van der Waals surface area contributed by atoms with Crippen LogP contribution in [-0.4, -0.2) is 87.3 Å². The van der Waals surface area contributed by atoms with Gasteiger partial charge in [-0.3, -0.25) is 14.6 Å². The number of hydrogen-bond acceptors (Lipinski definition) is 5. The Morgan fingerprint density at radius 1 is 1.25 bits per heavy atom. The van der Waals surface area contributed by atoms with E-state index in [4.69, 9.17) is 4.74 Å². The summed E-state index contributed by atoms with van der Waals surface area (Å²) in [4.78, 5) is 16.7. The van der Waals surface area contributed by atoms with Crippen molar-refractivity contribution in [3.63, 3.8) is 0 Å². The van der Waals surface area contributed by atoms with Crippen molar-refractivity contribution < 1.29 is 9.53 Å². The van der Waals surface area contributed by atoms with E-state index in [1.807, 2.05) is 6.92 Å². The maximum atomic E-state index is 12.1. The highest BCUT2D eigenvalue weighted by molar-refractivity contribution is 5.81. The Morgan fingerprint density at radius 3 is 2.65 bits per heavy atom. The fourth-order valence-electron chi connectivity index (χ4n) is 2.72. The quantitative estimate of drug-likeness (QED) is 0.620. The first-order chi connectivity index (χ1) is 9.77. The van der Waals surface area contributed by atoms with Crippen molar-refractivity contribution in [2.24, 2.45) is 0 Å². The van der Waals surface area contributed by atoms with Gasteiger partial charge in [-0.15, -0.1) is 0 Å². The number of nitrogens with one attached hydrogen (secondary N) is 2. The van der Waals surface area contributed by atoms with Crippen molar-refractivity contribution in [2.75, 3.05) is 65.6 Å². The second-order valence-corrected chi connectivity index (χ2v) is 5.56. The summed E-state index contributed by atoms with van der Waals surface area (Å²) >= 11 is 0. The summed E-state index contributed by atoms with van der Waals surface area (Å²) in [6.45, 7) is 11.4. The summed E-state index contributed by atoms with van der Waals surface area (Å²) in [5.41, 5.74) is 0. The molecule has 6 heteroatoms. The Morgan fingerprint density at radius 2 is 1.95 bits per heavy atom. The molecule has 0 aromatic carbocycles. The van der Waals surface area contributed by atoms with E-state index >= 15 is 0 Å². The van der Waals surface area contributed by atoms with Gasteiger partial charge in [0.25, 0.3) is 0 Å². The van der Waals surface area contributed by atoms with Crippen LogP contribution in [0.2, 0.25) is 0 Å². The maximum Gasteiger partial charge on any atom is 0.237 e. The van der Waals surface area contributed by atoms with Gasteiger partial charge in [0, 0.05) is 45.8 Å². The van der Waals surface area contributed by atoms with Crippen molar-refractivity contribution in [3.05, 3.63) is 0 Å². The molecule has 6 nitrogen and oxygen atoms in total. The van der Waals surface area contributed by atoms with Crippen molar-refractivity contribution >= 4 is 5.91 Å². The van der Waals surface area contributed by atoms with E-state index in [0.717, 1.165) is 72.0 Å². The maximum absolute atomic E-state index is 12.1. The lowest BCUT2D eigenvalue weighted by Gasteiger charge is -2.32. The van der Waals surface area contributed by atoms with Crippen molar-refractivity contribution in [1.82, 2.24) is 20.4 Å². The molecule has 2 rings (SSSR count). The van der Waals surface area contributed by atoms with E-state index < -0.39 is 0 Å². The zero-order valence-electron chi connectivity index (χ0n) is 12.6. The molecular formula is C14H28N4O2. The van der Waals surface area contributed by atoms with Crippen molar-refractivity contribution in [2.45, 2.75) is 19.4 Å². The molecule has 0 aliphatic carbocycles. The number of amides is 1. The largest absolute Gasteiger partial charge is 0.379 e. The number of hydrogen-bond donors (Lipinski definition) is 2. The van der Waals surface area contributed by atoms with Gasteiger partial charge in [-0.25, -0.2) is 0 Å². The third-order valence-electron chi connectivity index (χ3n) is 4.13. The summed E-state index contributed by atoms with van der Waals surface area (Å²) in [5, 5.41) is 6.37. The summed E-state index contributed by atoms with van der Waals surface area (Å²) in [7, 11) is 0. The Bertz CT molecular complexity index is 289.